The van der Waals surface area contributed by atoms with E-state index in [9.17, 15) is 9.59 Å². The van der Waals surface area contributed by atoms with Gasteiger partial charge in [-0.25, -0.2) is 4.79 Å². The molecule has 1 fully saturated rings. The summed E-state index contributed by atoms with van der Waals surface area (Å²) in [7, 11) is 0. The zero-order chi connectivity index (χ0) is 9.97. The second-order valence-electron chi connectivity index (χ2n) is 3.02. The summed E-state index contributed by atoms with van der Waals surface area (Å²) in [5.74, 6) is -1.00. The zero-order valence-electron chi connectivity index (χ0n) is 7.40. The molecule has 0 saturated carbocycles. The van der Waals surface area contributed by atoms with Gasteiger partial charge in [0.05, 0.1) is 6.42 Å². The molecule has 0 bridgehead atoms. The molecule has 0 atom stereocenters. The SMILES string of the molecule is O=C1CC(=Cc2ccccc2)C(=O)O1. The summed E-state index contributed by atoms with van der Waals surface area (Å²) in [5.41, 5.74) is 1.32. The van der Waals surface area contributed by atoms with Crippen LogP contribution in [0.2, 0.25) is 0 Å². The smallest absolute Gasteiger partial charge is 0.342 e. The van der Waals surface area contributed by atoms with Gasteiger partial charge in [0.25, 0.3) is 0 Å². The van der Waals surface area contributed by atoms with Crippen LogP contribution >= 0.6 is 0 Å². The van der Waals surface area contributed by atoms with Crippen molar-refractivity contribution in [2.24, 2.45) is 0 Å². The molecule has 0 aromatic heterocycles. The normalized spacial score (nSPS) is 18.7. The van der Waals surface area contributed by atoms with Crippen LogP contribution in [-0.2, 0) is 14.3 Å². The Morgan fingerprint density at radius 2 is 1.86 bits per heavy atom. The van der Waals surface area contributed by atoms with E-state index in [1.54, 1.807) is 6.08 Å². The van der Waals surface area contributed by atoms with Crippen molar-refractivity contribution >= 4 is 18.0 Å². The molecule has 1 aromatic carbocycles. The standard InChI is InChI=1S/C11H8O3/c12-10-7-9(11(13)14-10)6-8-4-2-1-3-5-8/h1-6H,7H2. The van der Waals surface area contributed by atoms with Crippen molar-refractivity contribution in [2.75, 3.05) is 0 Å². The highest BCUT2D eigenvalue weighted by Crippen LogP contribution is 2.17. The Bertz CT molecular complexity index is 404. The van der Waals surface area contributed by atoms with Crippen LogP contribution in [0, 0.1) is 0 Å². The topological polar surface area (TPSA) is 43.4 Å². The molecule has 14 heavy (non-hydrogen) atoms. The van der Waals surface area contributed by atoms with E-state index in [2.05, 4.69) is 4.74 Å². The van der Waals surface area contributed by atoms with Gasteiger partial charge < -0.3 is 4.74 Å². The Balaban J connectivity index is 2.28. The number of hydrogen-bond acceptors (Lipinski definition) is 3. The molecule has 1 aromatic rings. The van der Waals surface area contributed by atoms with Crippen molar-refractivity contribution in [3.05, 3.63) is 41.5 Å². The fourth-order valence-corrected chi connectivity index (χ4v) is 1.29. The molecule has 1 aliphatic rings. The maximum atomic E-state index is 11.1. The lowest BCUT2D eigenvalue weighted by atomic mass is 10.1. The molecule has 0 radical (unpaired) electrons. The number of carbonyl (C=O) groups is 2. The van der Waals surface area contributed by atoms with Gasteiger partial charge in [-0.3, -0.25) is 4.79 Å². The maximum absolute atomic E-state index is 11.1. The highest BCUT2D eigenvalue weighted by molar-refractivity contribution is 6.08. The van der Waals surface area contributed by atoms with Crippen LogP contribution in [0.5, 0.6) is 0 Å². The van der Waals surface area contributed by atoms with Crippen molar-refractivity contribution in [1.29, 1.82) is 0 Å². The van der Waals surface area contributed by atoms with Gasteiger partial charge in [0.15, 0.2) is 0 Å². The van der Waals surface area contributed by atoms with E-state index in [4.69, 9.17) is 0 Å². The largest absolute Gasteiger partial charge is 0.389 e. The third-order valence-electron chi connectivity index (χ3n) is 1.94. The summed E-state index contributed by atoms with van der Waals surface area (Å²) in [4.78, 5) is 21.8. The second kappa shape index (κ2) is 3.46. The van der Waals surface area contributed by atoms with Crippen molar-refractivity contribution in [3.63, 3.8) is 0 Å². The fraction of sp³-hybridized carbons (Fsp3) is 0.0909. The van der Waals surface area contributed by atoms with E-state index in [0.717, 1.165) is 5.56 Å². The van der Waals surface area contributed by atoms with Crippen LogP contribution in [0.4, 0.5) is 0 Å². The van der Waals surface area contributed by atoms with Gasteiger partial charge in [0.1, 0.15) is 0 Å². The first kappa shape index (κ1) is 8.69. The zero-order valence-corrected chi connectivity index (χ0v) is 7.40. The van der Waals surface area contributed by atoms with Crippen molar-refractivity contribution in [3.8, 4) is 0 Å². The molecule has 70 valence electrons. The third-order valence-corrected chi connectivity index (χ3v) is 1.94. The molecule has 1 aliphatic heterocycles. The van der Waals surface area contributed by atoms with Crippen LogP contribution < -0.4 is 0 Å². The molecular formula is C11H8O3. The fourth-order valence-electron chi connectivity index (χ4n) is 1.29. The predicted octanol–water partition coefficient (Wildman–Crippen LogP) is 1.54. The first-order chi connectivity index (χ1) is 6.75. The lowest BCUT2D eigenvalue weighted by molar-refractivity contribution is -0.151. The predicted molar refractivity (Wildman–Crippen MR) is 50.1 cm³/mol. The van der Waals surface area contributed by atoms with Crippen LogP contribution in [-0.4, -0.2) is 11.9 Å². The molecule has 0 N–H and O–H groups in total. The molecule has 3 nitrogen and oxygen atoms in total. The number of ether oxygens (including phenoxy) is 1. The third kappa shape index (κ3) is 1.71. The highest BCUT2D eigenvalue weighted by atomic mass is 16.6. The van der Waals surface area contributed by atoms with Crippen molar-refractivity contribution in [2.45, 2.75) is 6.42 Å². The quantitative estimate of drug-likeness (QED) is 0.381. The molecule has 2 rings (SSSR count). The summed E-state index contributed by atoms with van der Waals surface area (Å²) in [5, 5.41) is 0. The second-order valence-corrected chi connectivity index (χ2v) is 3.02. The Hall–Kier alpha value is -1.90. The number of cyclic esters (lactones) is 2. The Morgan fingerprint density at radius 1 is 1.14 bits per heavy atom. The van der Waals surface area contributed by atoms with Gasteiger partial charge in [-0.15, -0.1) is 0 Å². The minimum atomic E-state index is -0.529. The minimum Gasteiger partial charge on any atom is -0.389 e. The van der Waals surface area contributed by atoms with Gasteiger partial charge in [-0.2, -0.15) is 0 Å². The number of benzene rings is 1. The van der Waals surface area contributed by atoms with Gasteiger partial charge in [0.2, 0.25) is 0 Å². The molecular weight excluding hydrogens is 180 g/mol. The molecule has 0 unspecified atom stereocenters. The Morgan fingerprint density at radius 3 is 2.43 bits per heavy atom. The summed E-state index contributed by atoms with van der Waals surface area (Å²) in [6.07, 6.45) is 1.75. The van der Waals surface area contributed by atoms with Crippen molar-refractivity contribution < 1.29 is 14.3 Å². The van der Waals surface area contributed by atoms with Gasteiger partial charge >= 0.3 is 11.9 Å². The molecule has 3 heteroatoms. The van der Waals surface area contributed by atoms with E-state index in [1.165, 1.54) is 0 Å². The summed E-state index contributed by atoms with van der Waals surface area (Å²) in [6.45, 7) is 0. The highest BCUT2D eigenvalue weighted by Gasteiger charge is 2.26. The monoisotopic (exact) mass is 188 g/mol. The van der Waals surface area contributed by atoms with E-state index in [-0.39, 0.29) is 6.42 Å². The molecule has 0 spiro atoms. The summed E-state index contributed by atoms with van der Waals surface area (Å²) < 4.78 is 4.40. The van der Waals surface area contributed by atoms with Crippen molar-refractivity contribution in [1.82, 2.24) is 0 Å². The van der Waals surface area contributed by atoms with E-state index < -0.39 is 11.9 Å². The van der Waals surface area contributed by atoms with Crippen LogP contribution in [0.1, 0.15) is 12.0 Å². The lowest BCUT2D eigenvalue weighted by Crippen LogP contribution is -1.96. The van der Waals surface area contributed by atoms with Gasteiger partial charge in [0, 0.05) is 5.57 Å². The van der Waals surface area contributed by atoms with Crippen LogP contribution in [0.25, 0.3) is 6.08 Å². The first-order valence-corrected chi connectivity index (χ1v) is 4.26. The summed E-state index contributed by atoms with van der Waals surface area (Å²) in [6, 6.07) is 9.36. The summed E-state index contributed by atoms with van der Waals surface area (Å²) >= 11 is 0. The molecule has 1 heterocycles. The van der Waals surface area contributed by atoms with Gasteiger partial charge in [-0.05, 0) is 11.6 Å². The number of hydrogen-bond donors (Lipinski definition) is 0. The number of esters is 2. The Labute approximate surface area is 81.0 Å². The van der Waals surface area contributed by atoms with Gasteiger partial charge in [-0.1, -0.05) is 30.3 Å². The Kier molecular flexibility index (Phi) is 2.14. The average molecular weight is 188 g/mol. The lowest BCUT2D eigenvalue weighted by Gasteiger charge is -1.92. The van der Waals surface area contributed by atoms with Crippen LogP contribution in [0.3, 0.4) is 0 Å². The van der Waals surface area contributed by atoms with E-state index in [1.807, 2.05) is 30.3 Å². The average Bonchev–Trinajstić information content (AvgIpc) is 2.47. The van der Waals surface area contributed by atoms with Crippen LogP contribution in [0.15, 0.2) is 35.9 Å². The number of rotatable bonds is 1. The molecule has 0 aliphatic carbocycles. The van der Waals surface area contributed by atoms with E-state index >= 15 is 0 Å². The molecule has 1 saturated heterocycles. The first-order valence-electron chi connectivity index (χ1n) is 4.26. The minimum absolute atomic E-state index is 0.0771. The number of carbonyl (C=O) groups excluding carboxylic acids is 2. The molecule has 0 amide bonds. The van der Waals surface area contributed by atoms with E-state index in [0.29, 0.717) is 5.57 Å². The maximum Gasteiger partial charge on any atom is 0.342 e.